The molecule has 0 radical (unpaired) electrons. The summed E-state index contributed by atoms with van der Waals surface area (Å²) in [7, 11) is 0. The lowest BCUT2D eigenvalue weighted by atomic mass is 10.2. The van der Waals surface area contributed by atoms with Crippen molar-refractivity contribution in [2.24, 2.45) is 4.99 Å². The first-order valence-electron chi connectivity index (χ1n) is 7.61. The summed E-state index contributed by atoms with van der Waals surface area (Å²) in [6.45, 7) is 6.46. The fraction of sp³-hybridized carbons (Fsp3) is 0.471. The van der Waals surface area contributed by atoms with Gasteiger partial charge in [0.1, 0.15) is 0 Å². The zero-order chi connectivity index (χ0) is 14.2. The maximum absolute atomic E-state index is 4.78. The summed E-state index contributed by atoms with van der Waals surface area (Å²) in [5.74, 6) is 0. The van der Waals surface area contributed by atoms with Gasteiger partial charge in [0.15, 0.2) is 4.80 Å². The highest BCUT2D eigenvalue weighted by atomic mass is 32.1. The van der Waals surface area contributed by atoms with Crippen molar-refractivity contribution in [2.75, 3.05) is 6.54 Å². The molecule has 1 aromatic heterocycles. The van der Waals surface area contributed by atoms with Gasteiger partial charge >= 0.3 is 0 Å². The van der Waals surface area contributed by atoms with Crippen LogP contribution in [0.5, 0.6) is 0 Å². The lowest BCUT2D eigenvalue weighted by Gasteiger charge is -2.08. The van der Waals surface area contributed by atoms with Crippen molar-refractivity contribution in [2.45, 2.75) is 46.1 Å². The van der Waals surface area contributed by atoms with E-state index in [0.29, 0.717) is 0 Å². The van der Waals surface area contributed by atoms with Crippen molar-refractivity contribution >= 4 is 11.3 Å². The number of hydrogen-bond acceptors (Lipinski definition) is 2. The van der Waals surface area contributed by atoms with Crippen LogP contribution in [-0.2, 0) is 6.54 Å². The first kappa shape index (κ1) is 15.0. The number of nitrogens with zero attached hydrogens (tertiary/aromatic N) is 2. The number of thiazole rings is 1. The van der Waals surface area contributed by atoms with Crippen LogP contribution < -0.4 is 4.80 Å². The summed E-state index contributed by atoms with van der Waals surface area (Å²) in [4.78, 5) is 5.95. The first-order chi connectivity index (χ1) is 9.86. The van der Waals surface area contributed by atoms with Crippen molar-refractivity contribution in [3.63, 3.8) is 0 Å². The normalized spacial score (nSPS) is 12.0. The summed E-state index contributed by atoms with van der Waals surface area (Å²) < 4.78 is 2.39. The van der Waals surface area contributed by atoms with E-state index in [1.165, 1.54) is 41.7 Å². The molecule has 0 aliphatic heterocycles. The van der Waals surface area contributed by atoms with Crippen molar-refractivity contribution in [1.82, 2.24) is 4.57 Å². The van der Waals surface area contributed by atoms with Gasteiger partial charge in [-0.2, -0.15) is 0 Å². The topological polar surface area (TPSA) is 17.3 Å². The minimum Gasteiger partial charge on any atom is -0.317 e. The van der Waals surface area contributed by atoms with Crippen LogP contribution in [0.1, 0.15) is 39.5 Å². The zero-order valence-corrected chi connectivity index (χ0v) is 13.3. The second-order valence-corrected chi connectivity index (χ2v) is 5.85. The molecule has 0 N–H and O–H groups in total. The monoisotopic (exact) mass is 288 g/mol. The smallest absolute Gasteiger partial charge is 0.185 e. The van der Waals surface area contributed by atoms with Crippen LogP contribution in [0.25, 0.3) is 11.3 Å². The molecule has 20 heavy (non-hydrogen) atoms. The van der Waals surface area contributed by atoms with E-state index in [9.17, 15) is 0 Å². The van der Waals surface area contributed by atoms with E-state index in [1.54, 1.807) is 11.3 Å². The molecule has 0 bridgehead atoms. The van der Waals surface area contributed by atoms with E-state index in [-0.39, 0.29) is 0 Å². The lowest BCUT2D eigenvalue weighted by molar-refractivity contribution is 0.617. The van der Waals surface area contributed by atoms with Gasteiger partial charge in [0.25, 0.3) is 0 Å². The van der Waals surface area contributed by atoms with Crippen LogP contribution >= 0.6 is 11.3 Å². The molecule has 0 saturated carbocycles. The van der Waals surface area contributed by atoms with E-state index < -0.39 is 0 Å². The minimum absolute atomic E-state index is 0.942. The molecule has 0 saturated heterocycles. The molecule has 2 rings (SSSR count). The first-order valence-corrected chi connectivity index (χ1v) is 8.49. The maximum Gasteiger partial charge on any atom is 0.185 e. The molecule has 0 spiro atoms. The molecular weight excluding hydrogens is 264 g/mol. The largest absolute Gasteiger partial charge is 0.317 e. The molecule has 1 aromatic carbocycles. The highest BCUT2D eigenvalue weighted by Gasteiger charge is 2.06. The number of rotatable bonds is 7. The Morgan fingerprint density at radius 1 is 1.05 bits per heavy atom. The Morgan fingerprint density at radius 3 is 2.50 bits per heavy atom. The number of aromatic nitrogens is 1. The molecule has 0 unspecified atom stereocenters. The fourth-order valence-electron chi connectivity index (χ4n) is 2.16. The van der Waals surface area contributed by atoms with Crippen LogP contribution in [0.2, 0.25) is 0 Å². The zero-order valence-electron chi connectivity index (χ0n) is 12.5. The van der Waals surface area contributed by atoms with Crippen LogP contribution in [0, 0.1) is 0 Å². The second-order valence-electron chi connectivity index (χ2n) is 5.01. The molecule has 0 atom stereocenters. The Kier molecular flexibility index (Phi) is 6.06. The predicted octanol–water partition coefficient (Wildman–Crippen LogP) is 4.72. The highest BCUT2D eigenvalue weighted by molar-refractivity contribution is 7.07. The second kappa shape index (κ2) is 8.05. The third-order valence-electron chi connectivity index (χ3n) is 3.36. The predicted molar refractivity (Wildman–Crippen MR) is 88.0 cm³/mol. The van der Waals surface area contributed by atoms with E-state index in [2.05, 4.69) is 54.1 Å². The average Bonchev–Trinajstić information content (AvgIpc) is 2.89. The molecule has 2 nitrogen and oxygen atoms in total. The van der Waals surface area contributed by atoms with Gasteiger partial charge in [-0.15, -0.1) is 11.3 Å². The Morgan fingerprint density at radius 2 is 1.80 bits per heavy atom. The quantitative estimate of drug-likeness (QED) is 0.656. The lowest BCUT2D eigenvalue weighted by Crippen LogP contribution is -2.16. The van der Waals surface area contributed by atoms with Crippen molar-refractivity contribution in [1.29, 1.82) is 0 Å². The van der Waals surface area contributed by atoms with Crippen LogP contribution in [0.3, 0.4) is 0 Å². The Bertz CT molecular complexity index is 566. The van der Waals surface area contributed by atoms with Gasteiger partial charge in [0.2, 0.25) is 0 Å². The Balaban J connectivity index is 2.34. The van der Waals surface area contributed by atoms with Crippen molar-refractivity contribution in [3.8, 4) is 11.3 Å². The molecule has 3 heteroatoms. The average molecular weight is 288 g/mol. The minimum atomic E-state index is 0.942. The summed E-state index contributed by atoms with van der Waals surface area (Å²) in [5, 5.41) is 2.25. The summed E-state index contributed by atoms with van der Waals surface area (Å²) in [6.07, 6.45) is 4.80. The van der Waals surface area contributed by atoms with E-state index in [4.69, 9.17) is 4.99 Å². The van der Waals surface area contributed by atoms with Crippen LogP contribution in [0.15, 0.2) is 40.7 Å². The molecular formula is C17H24N2S. The van der Waals surface area contributed by atoms with Crippen molar-refractivity contribution < 1.29 is 0 Å². The number of benzene rings is 1. The van der Waals surface area contributed by atoms with E-state index in [0.717, 1.165) is 13.1 Å². The SMILES string of the molecule is CCCCN=c1scc(-c2ccccc2)n1CCCC. The van der Waals surface area contributed by atoms with E-state index in [1.807, 2.05) is 0 Å². The maximum atomic E-state index is 4.78. The van der Waals surface area contributed by atoms with Gasteiger partial charge in [0.05, 0.1) is 5.69 Å². The summed E-state index contributed by atoms with van der Waals surface area (Å²) >= 11 is 1.77. The van der Waals surface area contributed by atoms with Crippen molar-refractivity contribution in [3.05, 3.63) is 40.5 Å². The number of unbranched alkanes of at least 4 members (excludes halogenated alkanes) is 2. The van der Waals surface area contributed by atoms with E-state index >= 15 is 0 Å². The van der Waals surface area contributed by atoms with Gasteiger partial charge < -0.3 is 4.57 Å². The van der Waals surface area contributed by atoms with Gasteiger partial charge in [-0.05, 0) is 18.4 Å². The molecule has 2 aromatic rings. The molecule has 108 valence electrons. The van der Waals surface area contributed by atoms with Gasteiger partial charge in [-0.3, -0.25) is 4.99 Å². The van der Waals surface area contributed by atoms with Gasteiger partial charge in [-0.1, -0.05) is 57.0 Å². The Hall–Kier alpha value is -1.35. The molecule has 0 aliphatic carbocycles. The standard InChI is InChI=1S/C17H24N2S/c1-3-5-12-18-17-19(13-6-4-2)16(14-20-17)15-10-8-7-9-11-15/h7-11,14H,3-6,12-13H2,1-2H3. The van der Waals surface area contributed by atoms with Crippen LogP contribution in [-0.4, -0.2) is 11.1 Å². The molecule has 0 fully saturated rings. The summed E-state index contributed by atoms with van der Waals surface area (Å²) in [5.41, 5.74) is 2.59. The highest BCUT2D eigenvalue weighted by Crippen LogP contribution is 2.20. The third-order valence-corrected chi connectivity index (χ3v) is 4.26. The summed E-state index contributed by atoms with van der Waals surface area (Å²) in [6, 6.07) is 10.6. The molecule has 0 amide bonds. The third kappa shape index (κ3) is 3.83. The fourth-order valence-corrected chi connectivity index (χ4v) is 3.12. The van der Waals surface area contributed by atoms with Gasteiger partial charge in [-0.25, -0.2) is 0 Å². The number of hydrogen-bond donors (Lipinski definition) is 0. The van der Waals surface area contributed by atoms with Gasteiger partial charge in [0, 0.05) is 18.5 Å². The molecule has 0 aliphatic rings. The Labute approximate surface area is 125 Å². The van der Waals surface area contributed by atoms with Crippen LogP contribution in [0.4, 0.5) is 0 Å². The molecule has 1 heterocycles.